The molecule has 0 aliphatic carbocycles. The Labute approximate surface area is 121 Å². The molecule has 0 aliphatic rings. The highest BCUT2D eigenvalue weighted by Crippen LogP contribution is 1.88. The van der Waals surface area contributed by atoms with Crippen LogP contribution in [-0.4, -0.2) is 58.2 Å². The molecule has 8 nitrogen and oxygen atoms in total. The second-order valence-electron chi connectivity index (χ2n) is 3.36. The van der Waals surface area contributed by atoms with Gasteiger partial charge < -0.3 is 27.0 Å². The van der Waals surface area contributed by atoms with E-state index in [-0.39, 0.29) is 5.75 Å². The number of carbonyl (C=O) groups is 3. The van der Waals surface area contributed by atoms with Crippen LogP contribution < -0.4 is 16.8 Å². The van der Waals surface area contributed by atoms with Gasteiger partial charge in [0.2, 0.25) is 5.91 Å². The average molecular weight is 313 g/mol. The largest absolute Gasteiger partial charge is 0.480 e. The number of thiol groups is 2. The number of amides is 1. The number of nitrogens with one attached hydrogen (secondary N) is 1. The summed E-state index contributed by atoms with van der Waals surface area (Å²) in [5.41, 5.74) is 10.3. The van der Waals surface area contributed by atoms with Gasteiger partial charge in [0.25, 0.3) is 0 Å². The average Bonchev–Trinajstić information content (AvgIpc) is 2.35. The normalized spacial score (nSPS) is 12.6. The van der Waals surface area contributed by atoms with Crippen LogP contribution in [0, 0.1) is 0 Å². The topological polar surface area (TPSA) is 156 Å². The van der Waals surface area contributed by atoms with E-state index in [9.17, 15) is 14.4 Å². The number of aliphatic carboxylic acids is 2. The molecule has 19 heavy (non-hydrogen) atoms. The maximum absolute atomic E-state index is 10.7. The van der Waals surface area contributed by atoms with Crippen molar-refractivity contribution in [2.45, 2.75) is 18.5 Å². The smallest absolute Gasteiger partial charge is 0.322 e. The van der Waals surface area contributed by atoms with E-state index in [1.165, 1.54) is 0 Å². The molecule has 2 unspecified atom stereocenters. The van der Waals surface area contributed by atoms with Crippen LogP contribution in [0.2, 0.25) is 0 Å². The lowest BCUT2D eigenvalue weighted by Gasteiger charge is -2.06. The number of nitrogens with two attached hydrogens (primary N) is 2. The first-order chi connectivity index (χ1) is 8.76. The van der Waals surface area contributed by atoms with Gasteiger partial charge in [0, 0.05) is 5.75 Å². The molecule has 0 saturated heterocycles. The zero-order valence-electron chi connectivity index (χ0n) is 10.2. The van der Waals surface area contributed by atoms with Crippen molar-refractivity contribution < 1.29 is 24.6 Å². The fourth-order valence-corrected chi connectivity index (χ4v) is 1.08. The maximum atomic E-state index is 10.7. The number of hydrogen-bond donors (Lipinski definition) is 7. The quantitative estimate of drug-likeness (QED) is 0.272. The van der Waals surface area contributed by atoms with Crippen LogP contribution in [0.1, 0.15) is 6.42 Å². The summed E-state index contributed by atoms with van der Waals surface area (Å²) in [6.07, 6.45) is 0.429. The van der Waals surface area contributed by atoms with Gasteiger partial charge in [-0.05, 0) is 12.2 Å². The molecule has 10 heteroatoms. The van der Waals surface area contributed by atoms with Crippen LogP contribution in [-0.2, 0) is 14.4 Å². The second-order valence-corrected chi connectivity index (χ2v) is 4.17. The van der Waals surface area contributed by atoms with Gasteiger partial charge in [-0.15, -0.1) is 0 Å². The lowest BCUT2D eigenvalue weighted by molar-refractivity contribution is -0.139. The molecular weight excluding hydrogens is 294 g/mol. The van der Waals surface area contributed by atoms with Gasteiger partial charge in [-0.1, -0.05) is 0 Å². The summed E-state index contributed by atoms with van der Waals surface area (Å²) < 4.78 is 0. The van der Waals surface area contributed by atoms with Crippen molar-refractivity contribution in [3.05, 3.63) is 0 Å². The van der Waals surface area contributed by atoms with Crippen LogP contribution >= 0.6 is 25.3 Å². The van der Waals surface area contributed by atoms with Crippen molar-refractivity contribution in [3.8, 4) is 0 Å². The first-order valence-corrected chi connectivity index (χ1v) is 6.47. The first-order valence-electron chi connectivity index (χ1n) is 5.21. The zero-order valence-corrected chi connectivity index (χ0v) is 11.9. The van der Waals surface area contributed by atoms with Gasteiger partial charge in [-0.3, -0.25) is 14.4 Å². The third-order valence-electron chi connectivity index (χ3n) is 1.70. The van der Waals surface area contributed by atoms with Crippen LogP contribution in [0.4, 0.5) is 0 Å². The summed E-state index contributed by atoms with van der Waals surface area (Å²) in [6, 6.07) is -1.48. The molecule has 0 bridgehead atoms. The number of carboxylic acid groups (broad SMARTS) is 2. The molecule has 0 heterocycles. The molecule has 0 fully saturated rings. The molecular formula is C9H19N3O5S2. The number of carboxylic acids is 2. The monoisotopic (exact) mass is 313 g/mol. The summed E-state index contributed by atoms with van der Waals surface area (Å²) in [5, 5.41) is 18.4. The van der Waals surface area contributed by atoms with E-state index in [1.54, 1.807) is 0 Å². The number of carbonyl (C=O) groups excluding carboxylic acids is 1. The van der Waals surface area contributed by atoms with Crippen LogP contribution in [0.25, 0.3) is 0 Å². The van der Waals surface area contributed by atoms with E-state index >= 15 is 0 Å². The molecule has 0 saturated carbocycles. The second kappa shape index (κ2) is 12.1. The van der Waals surface area contributed by atoms with E-state index < -0.39 is 36.5 Å². The summed E-state index contributed by atoms with van der Waals surface area (Å²) in [7, 11) is 0. The van der Waals surface area contributed by atoms with Gasteiger partial charge in [0.15, 0.2) is 0 Å². The SMILES string of the molecule is NC(CCS)C(=O)O.NC(CS)C(=O)NCC(=O)O. The molecule has 0 aromatic carbocycles. The predicted octanol–water partition coefficient (Wildman–Crippen LogP) is -1.84. The molecule has 0 radical (unpaired) electrons. The lowest BCUT2D eigenvalue weighted by Crippen LogP contribution is -2.43. The summed E-state index contributed by atoms with van der Waals surface area (Å²) >= 11 is 7.58. The molecule has 0 aromatic rings. The molecule has 7 N–H and O–H groups in total. The fourth-order valence-electron chi connectivity index (χ4n) is 0.639. The Morgan fingerprint density at radius 3 is 1.89 bits per heavy atom. The van der Waals surface area contributed by atoms with E-state index in [4.69, 9.17) is 21.7 Å². The van der Waals surface area contributed by atoms with Crippen molar-refractivity contribution >= 4 is 43.1 Å². The molecule has 0 aromatic heterocycles. The Morgan fingerprint density at radius 2 is 1.63 bits per heavy atom. The highest BCUT2D eigenvalue weighted by atomic mass is 32.1. The van der Waals surface area contributed by atoms with Gasteiger partial charge in [0.05, 0.1) is 6.04 Å². The van der Waals surface area contributed by atoms with Crippen molar-refractivity contribution in [2.24, 2.45) is 11.5 Å². The molecule has 112 valence electrons. The highest BCUT2D eigenvalue weighted by molar-refractivity contribution is 7.80. The minimum Gasteiger partial charge on any atom is -0.480 e. The van der Waals surface area contributed by atoms with Gasteiger partial charge in [0.1, 0.15) is 12.6 Å². The van der Waals surface area contributed by atoms with E-state index in [0.29, 0.717) is 12.2 Å². The first kappa shape index (κ1) is 20.3. The molecule has 0 aliphatic heterocycles. The third kappa shape index (κ3) is 13.3. The van der Waals surface area contributed by atoms with Gasteiger partial charge in [-0.25, -0.2) is 0 Å². The Kier molecular flexibility index (Phi) is 12.9. The van der Waals surface area contributed by atoms with Crippen LogP contribution in [0.3, 0.4) is 0 Å². The third-order valence-corrected chi connectivity index (χ3v) is 2.36. The molecule has 2 atom stereocenters. The Morgan fingerprint density at radius 1 is 1.11 bits per heavy atom. The van der Waals surface area contributed by atoms with Crippen molar-refractivity contribution in [3.63, 3.8) is 0 Å². The molecule has 0 rings (SSSR count). The Balaban J connectivity index is 0. The number of hydrogen-bond acceptors (Lipinski definition) is 7. The molecule has 1 amide bonds. The predicted molar refractivity (Wildman–Crippen MR) is 76.6 cm³/mol. The van der Waals surface area contributed by atoms with Crippen molar-refractivity contribution in [2.75, 3.05) is 18.1 Å². The minimum absolute atomic E-state index is 0.200. The summed E-state index contributed by atoms with van der Waals surface area (Å²) in [5.74, 6) is -1.83. The van der Waals surface area contributed by atoms with Crippen LogP contribution in [0.15, 0.2) is 0 Å². The highest BCUT2D eigenvalue weighted by Gasteiger charge is 2.11. The molecule has 0 spiro atoms. The fraction of sp³-hybridized carbons (Fsp3) is 0.667. The van der Waals surface area contributed by atoms with E-state index in [2.05, 4.69) is 30.6 Å². The van der Waals surface area contributed by atoms with Crippen molar-refractivity contribution in [1.82, 2.24) is 5.32 Å². The van der Waals surface area contributed by atoms with Crippen LogP contribution in [0.5, 0.6) is 0 Å². The van der Waals surface area contributed by atoms with Gasteiger partial charge >= 0.3 is 11.9 Å². The van der Waals surface area contributed by atoms with Crippen molar-refractivity contribution in [1.29, 1.82) is 0 Å². The lowest BCUT2D eigenvalue weighted by atomic mass is 10.2. The minimum atomic E-state index is -1.09. The standard InChI is InChI=1S/C5H10N2O3S.C4H9NO2S/c6-3(2-11)5(10)7-1-4(8)9;5-3(1-2-8)4(6)7/h3,11H,1-2,6H2,(H,7,10)(H,8,9);3,8H,1-2,5H2,(H,6,7). The Bertz CT molecular complexity index is 304. The Hall–Kier alpha value is -0.970. The summed E-state index contributed by atoms with van der Waals surface area (Å²) in [4.78, 5) is 30.6. The maximum Gasteiger partial charge on any atom is 0.322 e. The van der Waals surface area contributed by atoms with E-state index in [0.717, 1.165) is 0 Å². The zero-order chi connectivity index (χ0) is 15.4. The van der Waals surface area contributed by atoms with Gasteiger partial charge in [-0.2, -0.15) is 25.3 Å². The van der Waals surface area contributed by atoms with E-state index in [1.807, 2.05) is 0 Å². The summed E-state index contributed by atoms with van der Waals surface area (Å²) in [6.45, 7) is -0.402. The number of rotatable bonds is 7.